The van der Waals surface area contributed by atoms with Crippen molar-refractivity contribution in [3.63, 3.8) is 0 Å². The summed E-state index contributed by atoms with van der Waals surface area (Å²) in [5, 5.41) is 2.57. The summed E-state index contributed by atoms with van der Waals surface area (Å²) < 4.78 is 38.3. The highest BCUT2D eigenvalue weighted by Crippen LogP contribution is 2.35. The summed E-state index contributed by atoms with van der Waals surface area (Å²) >= 11 is 5.12. The van der Waals surface area contributed by atoms with E-state index in [0.29, 0.717) is 37.4 Å². The number of benzene rings is 2. The van der Waals surface area contributed by atoms with Gasteiger partial charge < -0.3 is 14.4 Å². The van der Waals surface area contributed by atoms with E-state index in [0.717, 1.165) is 21.7 Å². The third-order valence-electron chi connectivity index (χ3n) is 5.64. The molecule has 0 amide bonds. The highest BCUT2D eigenvalue weighted by molar-refractivity contribution is 9.10. The van der Waals surface area contributed by atoms with Crippen LogP contribution in [0.5, 0.6) is 11.5 Å². The van der Waals surface area contributed by atoms with Crippen LogP contribution in [0.4, 0.5) is 5.13 Å². The lowest BCUT2D eigenvalue weighted by Gasteiger charge is -2.31. The van der Waals surface area contributed by atoms with Crippen LogP contribution in [0.2, 0.25) is 0 Å². The van der Waals surface area contributed by atoms with E-state index in [1.807, 2.05) is 12.1 Å². The van der Waals surface area contributed by atoms with Gasteiger partial charge in [0.15, 0.2) is 15.0 Å². The lowest BCUT2D eigenvalue weighted by molar-refractivity contribution is 0.391. The Balaban J connectivity index is 1.44. The summed E-state index contributed by atoms with van der Waals surface area (Å²) in [5.74, 6) is 0.855. The molecule has 0 aliphatic carbocycles. The minimum atomic E-state index is -3.54. The second kappa shape index (κ2) is 9.80. The van der Waals surface area contributed by atoms with Gasteiger partial charge in [-0.3, -0.25) is 0 Å². The molecule has 2 aromatic carbocycles. The third-order valence-corrected chi connectivity index (χ3v) is 9.37. The van der Waals surface area contributed by atoms with Gasteiger partial charge in [-0.25, -0.2) is 13.4 Å². The van der Waals surface area contributed by atoms with Crippen LogP contribution in [0.1, 0.15) is 24.1 Å². The molecule has 0 N–H and O–H groups in total. The van der Waals surface area contributed by atoms with E-state index in [1.54, 1.807) is 29.5 Å². The van der Waals surface area contributed by atoms with Crippen LogP contribution in [0.25, 0.3) is 0 Å². The van der Waals surface area contributed by atoms with E-state index >= 15 is 0 Å². The zero-order valence-electron chi connectivity index (χ0n) is 18.0. The number of hydrogen-bond acceptors (Lipinski definition) is 7. The standard InChI is InChI=1S/C23H25BrN2O4S2/c1-29-19-6-7-21(30-2)22(14-19)32(27,28)20-8-10-26(11-9-20)23-25-18(15-31-23)13-16-4-3-5-17(24)12-16/h3-7,12,14-15,20H,8-11,13H2,1-2H3. The van der Waals surface area contributed by atoms with E-state index in [4.69, 9.17) is 14.5 Å². The number of hydrogen-bond donors (Lipinski definition) is 0. The lowest BCUT2D eigenvalue weighted by Crippen LogP contribution is -2.39. The molecule has 1 saturated heterocycles. The first-order chi connectivity index (χ1) is 15.4. The predicted molar refractivity (Wildman–Crippen MR) is 131 cm³/mol. The minimum absolute atomic E-state index is 0.198. The smallest absolute Gasteiger partial charge is 0.185 e. The van der Waals surface area contributed by atoms with Gasteiger partial charge in [0.25, 0.3) is 0 Å². The molecule has 0 unspecified atom stereocenters. The van der Waals surface area contributed by atoms with Gasteiger partial charge in [0.1, 0.15) is 16.4 Å². The van der Waals surface area contributed by atoms with Crippen LogP contribution in [-0.2, 0) is 16.3 Å². The number of thiazole rings is 1. The Hall–Kier alpha value is -2.10. The summed E-state index contributed by atoms with van der Waals surface area (Å²) in [6.45, 7) is 1.31. The van der Waals surface area contributed by atoms with Crippen molar-refractivity contribution in [1.82, 2.24) is 4.98 Å². The van der Waals surface area contributed by atoms with Gasteiger partial charge >= 0.3 is 0 Å². The van der Waals surface area contributed by atoms with E-state index in [2.05, 4.69) is 38.3 Å². The van der Waals surface area contributed by atoms with Crippen molar-refractivity contribution in [2.24, 2.45) is 0 Å². The van der Waals surface area contributed by atoms with E-state index in [1.165, 1.54) is 19.8 Å². The number of aromatic nitrogens is 1. The Bertz CT molecular complexity index is 1190. The zero-order chi connectivity index (χ0) is 22.7. The number of rotatable bonds is 7. The van der Waals surface area contributed by atoms with Crippen LogP contribution >= 0.6 is 27.3 Å². The summed E-state index contributed by atoms with van der Waals surface area (Å²) in [7, 11) is -0.529. The van der Waals surface area contributed by atoms with Gasteiger partial charge in [-0.1, -0.05) is 28.1 Å². The van der Waals surface area contributed by atoms with Crippen LogP contribution in [0.3, 0.4) is 0 Å². The number of nitrogens with zero attached hydrogens (tertiary/aromatic N) is 2. The first-order valence-electron chi connectivity index (χ1n) is 10.3. The van der Waals surface area contributed by atoms with E-state index < -0.39 is 15.1 Å². The third kappa shape index (κ3) is 4.94. The molecule has 32 heavy (non-hydrogen) atoms. The Kier molecular flexibility index (Phi) is 7.07. The van der Waals surface area contributed by atoms with Crippen molar-refractivity contribution in [3.8, 4) is 11.5 Å². The first kappa shape index (κ1) is 23.1. The van der Waals surface area contributed by atoms with Gasteiger partial charge in [0.05, 0.1) is 25.2 Å². The van der Waals surface area contributed by atoms with Crippen LogP contribution in [-0.4, -0.2) is 46.0 Å². The SMILES string of the molecule is COc1ccc(OC)c(S(=O)(=O)C2CCN(c3nc(Cc4cccc(Br)c4)cs3)CC2)c1. The second-order valence-electron chi connectivity index (χ2n) is 7.68. The Morgan fingerprint density at radius 2 is 1.91 bits per heavy atom. The largest absolute Gasteiger partial charge is 0.497 e. The fraction of sp³-hybridized carbons (Fsp3) is 0.348. The average molecular weight is 538 g/mol. The predicted octanol–water partition coefficient (Wildman–Crippen LogP) is 4.96. The Morgan fingerprint density at radius 1 is 1.12 bits per heavy atom. The summed E-state index contributed by atoms with van der Waals surface area (Å²) in [5.41, 5.74) is 2.23. The highest BCUT2D eigenvalue weighted by Gasteiger charge is 2.34. The molecule has 1 aliphatic rings. The molecule has 0 radical (unpaired) electrons. The number of anilines is 1. The summed E-state index contributed by atoms with van der Waals surface area (Å²) in [4.78, 5) is 7.18. The second-order valence-corrected chi connectivity index (χ2v) is 11.6. The molecule has 0 spiro atoms. The van der Waals surface area contributed by atoms with Crippen molar-refractivity contribution in [2.75, 3.05) is 32.2 Å². The first-order valence-corrected chi connectivity index (χ1v) is 13.5. The molecule has 3 aromatic rings. The number of halogens is 1. The van der Waals surface area contributed by atoms with Crippen LogP contribution < -0.4 is 14.4 Å². The summed E-state index contributed by atoms with van der Waals surface area (Å²) in [6.07, 6.45) is 1.86. The minimum Gasteiger partial charge on any atom is -0.497 e. The van der Waals surface area contributed by atoms with E-state index in [9.17, 15) is 8.42 Å². The van der Waals surface area contributed by atoms with Crippen molar-refractivity contribution >= 4 is 42.2 Å². The quantitative estimate of drug-likeness (QED) is 0.425. The molecule has 1 aliphatic heterocycles. The normalized spacial score (nSPS) is 15.0. The van der Waals surface area contributed by atoms with Crippen molar-refractivity contribution < 1.29 is 17.9 Å². The fourth-order valence-electron chi connectivity index (χ4n) is 3.92. The van der Waals surface area contributed by atoms with Gasteiger partial charge in [0, 0.05) is 35.4 Å². The maximum absolute atomic E-state index is 13.3. The maximum Gasteiger partial charge on any atom is 0.185 e. The number of ether oxygens (including phenoxy) is 2. The van der Waals surface area contributed by atoms with Gasteiger partial charge in [-0.05, 0) is 42.7 Å². The van der Waals surface area contributed by atoms with Gasteiger partial charge in [-0.2, -0.15) is 0 Å². The molecule has 2 heterocycles. The molecule has 9 heteroatoms. The van der Waals surface area contributed by atoms with Crippen LogP contribution in [0, 0.1) is 0 Å². The molecular formula is C23H25BrN2O4S2. The number of piperidine rings is 1. The molecule has 4 rings (SSSR count). The fourth-order valence-corrected chi connectivity index (χ4v) is 7.15. The molecule has 0 atom stereocenters. The van der Waals surface area contributed by atoms with Crippen LogP contribution in [0.15, 0.2) is 57.2 Å². The van der Waals surface area contributed by atoms with Crippen molar-refractivity contribution in [2.45, 2.75) is 29.4 Å². The molecule has 6 nitrogen and oxygen atoms in total. The van der Waals surface area contributed by atoms with Gasteiger partial charge in [-0.15, -0.1) is 11.3 Å². The topological polar surface area (TPSA) is 68.7 Å². The molecule has 170 valence electrons. The molecule has 1 aromatic heterocycles. The van der Waals surface area contributed by atoms with E-state index in [-0.39, 0.29) is 4.90 Å². The molecule has 0 bridgehead atoms. The molecule has 0 saturated carbocycles. The number of sulfone groups is 1. The molecule has 1 fully saturated rings. The molecular weight excluding hydrogens is 512 g/mol. The Labute approximate surface area is 201 Å². The number of methoxy groups -OCH3 is 2. The van der Waals surface area contributed by atoms with Crippen molar-refractivity contribution in [1.29, 1.82) is 0 Å². The van der Waals surface area contributed by atoms with Gasteiger partial charge in [0.2, 0.25) is 0 Å². The Morgan fingerprint density at radius 3 is 2.59 bits per heavy atom. The average Bonchev–Trinajstić information content (AvgIpc) is 3.27. The monoisotopic (exact) mass is 536 g/mol. The lowest BCUT2D eigenvalue weighted by atomic mass is 10.1. The highest BCUT2D eigenvalue weighted by atomic mass is 79.9. The zero-order valence-corrected chi connectivity index (χ0v) is 21.2. The maximum atomic E-state index is 13.3. The van der Waals surface area contributed by atoms with Crippen molar-refractivity contribution in [3.05, 3.63) is 63.6 Å². The summed E-state index contributed by atoms with van der Waals surface area (Å²) in [6, 6.07) is 13.1.